The first-order valence-corrected chi connectivity index (χ1v) is 7.24. The first-order valence-electron chi connectivity index (χ1n) is 7.24. The number of ether oxygens (including phenoxy) is 2. The Kier molecular flexibility index (Phi) is 3.48. The molecule has 110 valence electrons. The van der Waals surface area contributed by atoms with Gasteiger partial charge in [-0.25, -0.2) is 0 Å². The van der Waals surface area contributed by atoms with E-state index in [1.54, 1.807) is 7.11 Å². The average molecular weight is 277 g/mol. The summed E-state index contributed by atoms with van der Waals surface area (Å²) in [6, 6.07) is 4.50. The fourth-order valence-corrected chi connectivity index (χ4v) is 3.90. The normalized spacial score (nSPS) is 33.0. The lowest BCUT2D eigenvalue weighted by Gasteiger charge is -2.46. The van der Waals surface area contributed by atoms with Gasteiger partial charge in [0.15, 0.2) is 0 Å². The van der Waals surface area contributed by atoms with E-state index in [1.807, 2.05) is 12.1 Å². The molecule has 20 heavy (non-hydrogen) atoms. The second kappa shape index (κ2) is 5.02. The number of nitrogens with one attached hydrogen (secondary N) is 1. The van der Waals surface area contributed by atoms with Crippen molar-refractivity contribution in [2.75, 3.05) is 20.3 Å². The van der Waals surface area contributed by atoms with E-state index in [9.17, 15) is 5.11 Å². The summed E-state index contributed by atoms with van der Waals surface area (Å²) >= 11 is 0. The SMILES string of the molecule is COc1cc(C)c(C2(O)CC3COCC(C2)N3)c(C)c1. The number of rotatable bonds is 2. The molecule has 0 radical (unpaired) electrons. The number of methoxy groups -OCH3 is 1. The van der Waals surface area contributed by atoms with Crippen molar-refractivity contribution in [3.8, 4) is 5.75 Å². The van der Waals surface area contributed by atoms with E-state index in [0.717, 1.165) is 22.4 Å². The van der Waals surface area contributed by atoms with Crippen molar-refractivity contribution in [1.82, 2.24) is 5.32 Å². The molecule has 2 aliphatic heterocycles. The highest BCUT2D eigenvalue weighted by molar-refractivity contribution is 5.45. The predicted octanol–water partition coefficient (Wildman–Crippen LogP) is 1.65. The largest absolute Gasteiger partial charge is 0.497 e. The number of aryl methyl sites for hydroxylation is 2. The van der Waals surface area contributed by atoms with Crippen molar-refractivity contribution < 1.29 is 14.6 Å². The Morgan fingerprint density at radius 1 is 1.20 bits per heavy atom. The molecule has 2 fully saturated rings. The number of hydrogen-bond donors (Lipinski definition) is 2. The molecule has 1 aromatic carbocycles. The van der Waals surface area contributed by atoms with Gasteiger partial charge < -0.3 is 19.9 Å². The summed E-state index contributed by atoms with van der Waals surface area (Å²) in [5.74, 6) is 0.852. The van der Waals surface area contributed by atoms with Crippen molar-refractivity contribution in [2.45, 2.75) is 44.4 Å². The van der Waals surface area contributed by atoms with Gasteiger partial charge in [0.05, 0.1) is 25.9 Å². The van der Waals surface area contributed by atoms with Crippen molar-refractivity contribution in [3.63, 3.8) is 0 Å². The molecule has 1 aromatic rings. The molecular weight excluding hydrogens is 254 g/mol. The van der Waals surface area contributed by atoms with E-state index in [4.69, 9.17) is 9.47 Å². The molecule has 4 heteroatoms. The fourth-order valence-electron chi connectivity index (χ4n) is 3.90. The van der Waals surface area contributed by atoms with Gasteiger partial charge in [-0.15, -0.1) is 0 Å². The van der Waals surface area contributed by atoms with Gasteiger partial charge in [-0.3, -0.25) is 0 Å². The number of fused-ring (bicyclic) bond motifs is 2. The van der Waals surface area contributed by atoms with E-state index < -0.39 is 5.60 Å². The Morgan fingerprint density at radius 2 is 1.75 bits per heavy atom. The molecule has 3 rings (SSSR count). The van der Waals surface area contributed by atoms with Gasteiger partial charge in [-0.2, -0.15) is 0 Å². The molecule has 0 saturated carbocycles. The number of benzene rings is 1. The van der Waals surface area contributed by atoms with Gasteiger partial charge in [0.25, 0.3) is 0 Å². The fraction of sp³-hybridized carbons (Fsp3) is 0.625. The van der Waals surface area contributed by atoms with Crippen molar-refractivity contribution >= 4 is 0 Å². The standard InChI is InChI=1S/C16H23NO3/c1-10-4-14(19-3)5-11(2)15(10)16(18)6-12-8-20-9-13(7-16)17-12/h4-5,12-13,17-18H,6-9H2,1-3H3. The molecule has 2 bridgehead atoms. The van der Waals surface area contributed by atoms with Crippen LogP contribution in [0.3, 0.4) is 0 Å². The van der Waals surface area contributed by atoms with Crippen LogP contribution < -0.4 is 10.1 Å². The lowest BCUT2D eigenvalue weighted by atomic mass is 9.75. The van der Waals surface area contributed by atoms with E-state index in [1.165, 1.54) is 0 Å². The average Bonchev–Trinajstić information content (AvgIpc) is 2.36. The highest BCUT2D eigenvalue weighted by Gasteiger charge is 2.43. The Labute approximate surface area is 120 Å². The summed E-state index contributed by atoms with van der Waals surface area (Å²) < 4.78 is 10.9. The summed E-state index contributed by atoms with van der Waals surface area (Å²) in [7, 11) is 1.68. The highest BCUT2D eigenvalue weighted by atomic mass is 16.5. The maximum Gasteiger partial charge on any atom is 0.119 e. The molecule has 0 spiro atoms. The lowest BCUT2D eigenvalue weighted by molar-refractivity contribution is -0.0808. The van der Waals surface area contributed by atoms with Gasteiger partial charge in [0.1, 0.15) is 5.75 Å². The smallest absolute Gasteiger partial charge is 0.119 e. The van der Waals surface area contributed by atoms with Crippen LogP contribution in [0.5, 0.6) is 5.75 Å². The third kappa shape index (κ3) is 2.32. The molecule has 2 unspecified atom stereocenters. The Balaban J connectivity index is 1.99. The van der Waals surface area contributed by atoms with Gasteiger partial charge in [-0.1, -0.05) is 0 Å². The van der Waals surface area contributed by atoms with Crippen LogP contribution in [0.4, 0.5) is 0 Å². The molecule has 2 aliphatic rings. The minimum absolute atomic E-state index is 0.244. The summed E-state index contributed by atoms with van der Waals surface area (Å²) in [5.41, 5.74) is 2.51. The number of hydrogen-bond acceptors (Lipinski definition) is 4. The minimum atomic E-state index is -0.759. The molecule has 2 saturated heterocycles. The van der Waals surface area contributed by atoms with Crippen LogP contribution in [0.2, 0.25) is 0 Å². The topological polar surface area (TPSA) is 50.7 Å². The predicted molar refractivity (Wildman–Crippen MR) is 77.1 cm³/mol. The zero-order valence-electron chi connectivity index (χ0n) is 12.4. The molecule has 2 heterocycles. The van der Waals surface area contributed by atoms with Crippen LogP contribution in [0.1, 0.15) is 29.5 Å². The number of morpholine rings is 1. The Bertz CT molecular complexity index is 479. The minimum Gasteiger partial charge on any atom is -0.497 e. The zero-order valence-corrected chi connectivity index (χ0v) is 12.4. The van der Waals surface area contributed by atoms with Crippen LogP contribution in [0.25, 0.3) is 0 Å². The van der Waals surface area contributed by atoms with E-state index >= 15 is 0 Å². The van der Waals surface area contributed by atoms with E-state index in [2.05, 4.69) is 19.2 Å². The third-order valence-corrected chi connectivity index (χ3v) is 4.48. The summed E-state index contributed by atoms with van der Waals surface area (Å²) in [4.78, 5) is 0. The quantitative estimate of drug-likeness (QED) is 0.863. The third-order valence-electron chi connectivity index (χ3n) is 4.48. The first-order chi connectivity index (χ1) is 9.51. The van der Waals surface area contributed by atoms with Crippen LogP contribution in [0.15, 0.2) is 12.1 Å². The second-order valence-electron chi connectivity index (χ2n) is 6.17. The van der Waals surface area contributed by atoms with Crippen molar-refractivity contribution in [2.24, 2.45) is 0 Å². The highest BCUT2D eigenvalue weighted by Crippen LogP contribution is 2.40. The molecule has 0 aromatic heterocycles. The van der Waals surface area contributed by atoms with Gasteiger partial charge >= 0.3 is 0 Å². The Morgan fingerprint density at radius 3 is 2.25 bits per heavy atom. The van der Waals surface area contributed by atoms with Crippen molar-refractivity contribution in [1.29, 1.82) is 0 Å². The van der Waals surface area contributed by atoms with Crippen LogP contribution >= 0.6 is 0 Å². The molecule has 2 N–H and O–H groups in total. The van der Waals surface area contributed by atoms with Crippen molar-refractivity contribution in [3.05, 3.63) is 28.8 Å². The Hall–Kier alpha value is -1.10. The van der Waals surface area contributed by atoms with Gasteiger partial charge in [0.2, 0.25) is 0 Å². The molecule has 0 aliphatic carbocycles. The van der Waals surface area contributed by atoms with E-state index in [-0.39, 0.29) is 12.1 Å². The first kappa shape index (κ1) is 13.9. The lowest BCUT2D eigenvalue weighted by Crippen LogP contribution is -2.58. The number of piperidine rings is 1. The maximum absolute atomic E-state index is 11.2. The second-order valence-corrected chi connectivity index (χ2v) is 6.17. The summed E-state index contributed by atoms with van der Waals surface area (Å²) in [6.07, 6.45) is 1.41. The van der Waals surface area contributed by atoms with E-state index in [0.29, 0.717) is 26.1 Å². The zero-order chi connectivity index (χ0) is 14.3. The van der Waals surface area contributed by atoms with Gasteiger partial charge in [-0.05, 0) is 55.5 Å². The van der Waals surface area contributed by atoms with Crippen LogP contribution in [-0.2, 0) is 10.3 Å². The van der Waals surface area contributed by atoms with Crippen LogP contribution in [0, 0.1) is 13.8 Å². The monoisotopic (exact) mass is 277 g/mol. The maximum atomic E-state index is 11.2. The molecule has 4 nitrogen and oxygen atoms in total. The summed E-state index contributed by atoms with van der Waals surface area (Å²) in [6.45, 7) is 5.48. The molecule has 2 atom stereocenters. The molecular formula is C16H23NO3. The van der Waals surface area contributed by atoms with Crippen LogP contribution in [-0.4, -0.2) is 37.5 Å². The van der Waals surface area contributed by atoms with Gasteiger partial charge in [0, 0.05) is 12.1 Å². The summed E-state index contributed by atoms with van der Waals surface area (Å²) in [5, 5.41) is 14.8. The number of aliphatic hydroxyl groups is 1. The molecule has 0 amide bonds.